The minimum Gasteiger partial charge on any atom is -0.381 e. The van der Waals surface area contributed by atoms with Gasteiger partial charge in [0.05, 0.1) is 18.8 Å². The molecule has 24 heavy (non-hydrogen) atoms. The van der Waals surface area contributed by atoms with Crippen molar-refractivity contribution >= 4 is 5.82 Å². The molecule has 2 aromatic heterocycles. The first-order chi connectivity index (χ1) is 11.8. The normalized spacial score (nSPS) is 21.0. The Morgan fingerprint density at radius 1 is 1.21 bits per heavy atom. The minimum absolute atomic E-state index is 0.376. The lowest BCUT2D eigenvalue weighted by Crippen LogP contribution is -2.24. The Morgan fingerprint density at radius 2 is 2.12 bits per heavy atom. The second-order valence-electron chi connectivity index (χ2n) is 6.55. The van der Waals surface area contributed by atoms with Gasteiger partial charge in [-0.25, -0.2) is 9.97 Å². The van der Waals surface area contributed by atoms with E-state index < -0.39 is 0 Å². The topological polar surface area (TPSA) is 77.2 Å². The van der Waals surface area contributed by atoms with Crippen LogP contribution in [-0.2, 0) is 11.3 Å². The fraction of sp³-hybridized carbons (Fsp3) is 0.647. The quantitative estimate of drug-likeness (QED) is 0.806. The predicted octanol–water partition coefficient (Wildman–Crippen LogP) is 2.66. The molecule has 4 rings (SSSR count). The van der Waals surface area contributed by atoms with E-state index in [1.165, 1.54) is 6.42 Å². The van der Waals surface area contributed by atoms with Gasteiger partial charge in [0, 0.05) is 31.1 Å². The number of hydrogen-bond donors (Lipinski definition) is 0. The van der Waals surface area contributed by atoms with Crippen LogP contribution in [0.1, 0.15) is 61.9 Å². The third kappa shape index (κ3) is 3.13. The Labute approximate surface area is 141 Å². The van der Waals surface area contributed by atoms with E-state index in [2.05, 4.69) is 38.0 Å². The second kappa shape index (κ2) is 6.84. The summed E-state index contributed by atoms with van der Waals surface area (Å²) in [4.78, 5) is 15.6. The van der Waals surface area contributed by atoms with E-state index in [0.29, 0.717) is 18.4 Å². The van der Waals surface area contributed by atoms with Crippen molar-refractivity contribution in [1.82, 2.24) is 20.1 Å². The maximum Gasteiger partial charge on any atom is 0.229 e. The van der Waals surface area contributed by atoms with Crippen LogP contribution >= 0.6 is 0 Å². The summed E-state index contributed by atoms with van der Waals surface area (Å²) < 4.78 is 10.9. The van der Waals surface area contributed by atoms with Crippen LogP contribution < -0.4 is 4.90 Å². The summed E-state index contributed by atoms with van der Waals surface area (Å²) in [5, 5.41) is 4.14. The van der Waals surface area contributed by atoms with Crippen LogP contribution in [0.25, 0.3) is 0 Å². The summed E-state index contributed by atoms with van der Waals surface area (Å²) in [5.41, 5.74) is 1.05. The van der Waals surface area contributed by atoms with E-state index in [9.17, 15) is 0 Å². The molecule has 7 heteroatoms. The summed E-state index contributed by atoms with van der Waals surface area (Å²) in [6.07, 6.45) is 6.26. The highest BCUT2D eigenvalue weighted by atomic mass is 16.5. The molecule has 1 saturated heterocycles. The lowest BCUT2D eigenvalue weighted by molar-refractivity contribution is 0.193. The maximum atomic E-state index is 5.47. The van der Waals surface area contributed by atoms with E-state index in [1.807, 2.05) is 0 Å². The standard InChI is InChI=1S/C17H23N5O2/c1-2-22(9-15-20-17(24-21-15)12-4-3-5-12)16-8-14(18-11-19-16)13-6-7-23-10-13/h8,11-13H,2-7,9-10H2,1H3/t13-/m0/s1. The number of ether oxygens (including phenoxy) is 1. The number of rotatable bonds is 6. The van der Waals surface area contributed by atoms with Crippen molar-refractivity contribution in [3.63, 3.8) is 0 Å². The molecular weight excluding hydrogens is 306 g/mol. The molecule has 7 nitrogen and oxygen atoms in total. The molecule has 0 bridgehead atoms. The zero-order valence-electron chi connectivity index (χ0n) is 14.0. The van der Waals surface area contributed by atoms with Crippen LogP contribution in [0.3, 0.4) is 0 Å². The zero-order chi connectivity index (χ0) is 16.4. The SMILES string of the molecule is CCN(Cc1noc(C2CCC2)n1)c1cc([C@H]2CCOC2)ncn1. The molecule has 128 valence electrons. The van der Waals surface area contributed by atoms with Crippen LogP contribution in [0.2, 0.25) is 0 Å². The molecule has 2 aliphatic rings. The molecular formula is C17H23N5O2. The van der Waals surface area contributed by atoms with Crippen LogP contribution in [0.15, 0.2) is 16.9 Å². The summed E-state index contributed by atoms with van der Waals surface area (Å²) in [6.45, 7) is 5.09. The van der Waals surface area contributed by atoms with Crippen LogP contribution in [0.4, 0.5) is 5.82 Å². The number of anilines is 1. The van der Waals surface area contributed by atoms with Crippen molar-refractivity contribution in [2.75, 3.05) is 24.7 Å². The van der Waals surface area contributed by atoms with Gasteiger partial charge in [-0.3, -0.25) is 0 Å². The van der Waals surface area contributed by atoms with Gasteiger partial charge in [0.15, 0.2) is 5.82 Å². The van der Waals surface area contributed by atoms with Gasteiger partial charge in [-0.2, -0.15) is 4.98 Å². The molecule has 1 saturated carbocycles. The van der Waals surface area contributed by atoms with Crippen molar-refractivity contribution in [2.45, 2.75) is 51.0 Å². The van der Waals surface area contributed by atoms with Crippen molar-refractivity contribution in [3.05, 3.63) is 29.8 Å². The molecule has 3 heterocycles. The maximum absolute atomic E-state index is 5.47. The highest BCUT2D eigenvalue weighted by molar-refractivity contribution is 5.39. The van der Waals surface area contributed by atoms with E-state index >= 15 is 0 Å². The molecule has 0 aromatic carbocycles. The Hall–Kier alpha value is -2.02. The molecule has 1 aliphatic carbocycles. The van der Waals surface area contributed by atoms with E-state index in [4.69, 9.17) is 9.26 Å². The third-order valence-corrected chi connectivity index (χ3v) is 5.00. The number of hydrogen-bond acceptors (Lipinski definition) is 7. The first-order valence-electron chi connectivity index (χ1n) is 8.80. The summed E-state index contributed by atoms with van der Waals surface area (Å²) in [5.74, 6) is 3.27. The minimum atomic E-state index is 0.376. The van der Waals surface area contributed by atoms with Crippen molar-refractivity contribution in [1.29, 1.82) is 0 Å². The van der Waals surface area contributed by atoms with E-state index in [0.717, 1.165) is 62.2 Å². The molecule has 0 N–H and O–H groups in total. The van der Waals surface area contributed by atoms with Gasteiger partial charge in [-0.15, -0.1) is 0 Å². The van der Waals surface area contributed by atoms with Crippen molar-refractivity contribution < 1.29 is 9.26 Å². The number of aromatic nitrogens is 4. The first kappa shape index (κ1) is 15.5. The fourth-order valence-corrected chi connectivity index (χ4v) is 3.20. The van der Waals surface area contributed by atoms with Gasteiger partial charge in [0.2, 0.25) is 5.89 Å². The molecule has 1 atom stereocenters. The summed E-state index contributed by atoms with van der Waals surface area (Å²) in [7, 11) is 0. The van der Waals surface area contributed by atoms with Gasteiger partial charge < -0.3 is 14.2 Å². The Kier molecular flexibility index (Phi) is 4.42. The molecule has 0 unspecified atom stereocenters. The van der Waals surface area contributed by atoms with Crippen LogP contribution in [0.5, 0.6) is 0 Å². The monoisotopic (exact) mass is 329 g/mol. The second-order valence-corrected chi connectivity index (χ2v) is 6.55. The first-order valence-corrected chi connectivity index (χ1v) is 8.80. The van der Waals surface area contributed by atoms with Gasteiger partial charge in [-0.1, -0.05) is 11.6 Å². The van der Waals surface area contributed by atoms with Gasteiger partial charge in [0.1, 0.15) is 12.1 Å². The molecule has 0 spiro atoms. The lowest BCUT2D eigenvalue weighted by atomic mass is 9.85. The Bertz CT molecular complexity index is 679. The average Bonchev–Trinajstić information content (AvgIpc) is 3.23. The van der Waals surface area contributed by atoms with Crippen molar-refractivity contribution in [2.24, 2.45) is 0 Å². The van der Waals surface area contributed by atoms with Gasteiger partial charge >= 0.3 is 0 Å². The molecule has 0 radical (unpaired) electrons. The fourth-order valence-electron chi connectivity index (χ4n) is 3.20. The highest BCUT2D eigenvalue weighted by Gasteiger charge is 2.26. The van der Waals surface area contributed by atoms with Gasteiger partial charge in [-0.05, 0) is 26.2 Å². The van der Waals surface area contributed by atoms with Gasteiger partial charge in [0.25, 0.3) is 0 Å². The lowest BCUT2D eigenvalue weighted by Gasteiger charge is -2.21. The molecule has 1 aliphatic heterocycles. The Morgan fingerprint density at radius 3 is 2.83 bits per heavy atom. The van der Waals surface area contributed by atoms with Crippen LogP contribution in [0, 0.1) is 0 Å². The largest absolute Gasteiger partial charge is 0.381 e. The highest BCUT2D eigenvalue weighted by Crippen LogP contribution is 2.35. The Balaban J connectivity index is 1.48. The van der Waals surface area contributed by atoms with Crippen molar-refractivity contribution in [3.8, 4) is 0 Å². The smallest absolute Gasteiger partial charge is 0.229 e. The van der Waals surface area contributed by atoms with E-state index in [1.54, 1.807) is 6.33 Å². The van der Waals surface area contributed by atoms with E-state index in [-0.39, 0.29) is 0 Å². The third-order valence-electron chi connectivity index (χ3n) is 5.00. The molecule has 0 amide bonds. The molecule has 2 aromatic rings. The number of nitrogens with zero attached hydrogens (tertiary/aromatic N) is 5. The van der Waals surface area contributed by atoms with Crippen LogP contribution in [-0.4, -0.2) is 39.9 Å². The zero-order valence-corrected chi connectivity index (χ0v) is 14.0. The summed E-state index contributed by atoms with van der Waals surface area (Å²) >= 11 is 0. The predicted molar refractivity (Wildman–Crippen MR) is 87.8 cm³/mol. The average molecular weight is 329 g/mol. The molecule has 2 fully saturated rings. The summed E-state index contributed by atoms with van der Waals surface area (Å²) in [6, 6.07) is 2.07.